The van der Waals surface area contributed by atoms with Crippen LogP contribution in [-0.2, 0) is 17.6 Å². The van der Waals surface area contributed by atoms with Crippen molar-refractivity contribution in [1.82, 2.24) is 9.97 Å². The number of rotatable bonds is 9. The standard InChI is InChI=1S/C28H24F2N2O3S2/c1-36-27-20-9-10-31-24(20)14-23(30)26(27)35-19-6-7-22(29)21(13-19)28-32-18(15-37-28)12-17-4-2-3-16(11-17)5-8-25(33)34/h2-4,9-11,13-15,31H,5-8,12H2,1H3,(H,33,34). The summed E-state index contributed by atoms with van der Waals surface area (Å²) in [5, 5.41) is 12.2. The van der Waals surface area contributed by atoms with Crippen molar-refractivity contribution >= 4 is 45.5 Å². The van der Waals surface area contributed by atoms with Crippen LogP contribution in [0.3, 0.4) is 0 Å². The van der Waals surface area contributed by atoms with Gasteiger partial charge in [-0.15, -0.1) is 23.1 Å². The lowest BCUT2D eigenvalue weighted by Crippen LogP contribution is -2.05. The van der Waals surface area contributed by atoms with E-state index in [0.717, 1.165) is 22.2 Å². The molecule has 1 aliphatic carbocycles. The van der Waals surface area contributed by atoms with E-state index in [1.54, 1.807) is 12.3 Å². The highest BCUT2D eigenvalue weighted by Gasteiger charge is 2.22. The second-order valence-electron chi connectivity index (χ2n) is 8.73. The third kappa shape index (κ3) is 5.62. The number of fused-ring (bicyclic) bond motifs is 1. The van der Waals surface area contributed by atoms with E-state index in [1.165, 1.54) is 29.2 Å². The van der Waals surface area contributed by atoms with Crippen LogP contribution in [0.15, 0.2) is 70.5 Å². The zero-order chi connectivity index (χ0) is 25.9. The summed E-state index contributed by atoms with van der Waals surface area (Å²) >= 11 is 2.75. The number of carboxylic acids is 1. The average molecular weight is 539 g/mol. The minimum atomic E-state index is -0.828. The van der Waals surface area contributed by atoms with Crippen LogP contribution in [0.5, 0.6) is 5.75 Å². The summed E-state index contributed by atoms with van der Waals surface area (Å²) in [6, 6.07) is 11.1. The summed E-state index contributed by atoms with van der Waals surface area (Å²) in [7, 11) is 0. The third-order valence-corrected chi connectivity index (χ3v) is 7.87. The Morgan fingerprint density at radius 2 is 2.05 bits per heavy atom. The predicted octanol–water partition coefficient (Wildman–Crippen LogP) is 7.53. The van der Waals surface area contributed by atoms with Crippen LogP contribution in [0.25, 0.3) is 16.5 Å². The molecule has 190 valence electrons. The Morgan fingerprint density at radius 1 is 1.22 bits per heavy atom. The molecule has 0 spiro atoms. The van der Waals surface area contributed by atoms with Crippen molar-refractivity contribution in [2.24, 2.45) is 0 Å². The van der Waals surface area contributed by atoms with Crippen molar-refractivity contribution in [3.05, 3.63) is 93.3 Å². The number of allylic oxidation sites excluding steroid dienone is 4. The van der Waals surface area contributed by atoms with Crippen molar-refractivity contribution in [3.8, 4) is 5.75 Å². The number of ether oxygens (including phenoxy) is 1. The van der Waals surface area contributed by atoms with E-state index in [1.807, 2.05) is 42.0 Å². The summed E-state index contributed by atoms with van der Waals surface area (Å²) in [6.45, 7) is 0. The first-order valence-electron chi connectivity index (χ1n) is 11.8. The van der Waals surface area contributed by atoms with Gasteiger partial charge in [0.05, 0.1) is 10.6 Å². The first-order valence-corrected chi connectivity index (χ1v) is 13.9. The van der Waals surface area contributed by atoms with Gasteiger partial charge in [0, 0.05) is 59.8 Å². The Hall–Kier alpha value is -3.43. The van der Waals surface area contributed by atoms with Gasteiger partial charge in [0.25, 0.3) is 0 Å². The van der Waals surface area contributed by atoms with Gasteiger partial charge >= 0.3 is 5.97 Å². The molecule has 5 nitrogen and oxygen atoms in total. The third-order valence-electron chi connectivity index (χ3n) is 6.13. The minimum absolute atomic E-state index is 0.0792. The van der Waals surface area contributed by atoms with Crippen molar-refractivity contribution in [1.29, 1.82) is 0 Å². The van der Waals surface area contributed by atoms with Gasteiger partial charge in [-0.2, -0.15) is 0 Å². The number of thioether (sulfide) groups is 1. The largest absolute Gasteiger partial charge is 0.481 e. The van der Waals surface area contributed by atoms with Gasteiger partial charge in [0.1, 0.15) is 16.6 Å². The summed E-state index contributed by atoms with van der Waals surface area (Å²) < 4.78 is 35.8. The van der Waals surface area contributed by atoms with Crippen LogP contribution in [0.2, 0.25) is 0 Å². The monoisotopic (exact) mass is 538 g/mol. The number of aromatic nitrogens is 2. The molecule has 1 aliphatic rings. The highest BCUT2D eigenvalue weighted by molar-refractivity contribution is 7.99. The Morgan fingerprint density at radius 3 is 2.86 bits per heavy atom. The number of aliphatic carboxylic acids is 1. The number of halogens is 2. The van der Waals surface area contributed by atoms with Crippen molar-refractivity contribution in [2.75, 3.05) is 6.26 Å². The molecular weight excluding hydrogens is 514 g/mol. The lowest BCUT2D eigenvalue weighted by molar-refractivity contribution is -0.136. The smallest absolute Gasteiger partial charge is 0.303 e. The van der Waals surface area contributed by atoms with Gasteiger partial charge < -0.3 is 14.8 Å². The Bertz CT molecular complexity index is 1540. The summed E-state index contributed by atoms with van der Waals surface area (Å²) in [4.78, 5) is 19.2. The van der Waals surface area contributed by atoms with E-state index in [-0.39, 0.29) is 24.4 Å². The first-order chi connectivity index (χ1) is 17.9. The number of carbonyl (C=O) groups is 1. The number of hydrogen-bond acceptors (Lipinski definition) is 5. The number of nitrogens with zero attached hydrogens (tertiary/aromatic N) is 1. The molecular formula is C28H24F2N2O3S2. The van der Waals surface area contributed by atoms with E-state index in [9.17, 15) is 13.6 Å². The highest BCUT2D eigenvalue weighted by atomic mass is 32.2. The van der Waals surface area contributed by atoms with E-state index in [2.05, 4.69) is 9.97 Å². The van der Waals surface area contributed by atoms with Gasteiger partial charge in [-0.05, 0) is 35.9 Å². The summed E-state index contributed by atoms with van der Waals surface area (Å²) in [6.07, 6.45) is 6.84. The van der Waals surface area contributed by atoms with Crippen molar-refractivity contribution < 1.29 is 23.4 Å². The molecule has 0 bridgehead atoms. The molecule has 2 aromatic carbocycles. The molecule has 0 saturated heterocycles. The fraction of sp³-hybridized carbons (Fsp3) is 0.214. The summed E-state index contributed by atoms with van der Waals surface area (Å²) in [5.41, 5.74) is 3.82. The van der Waals surface area contributed by atoms with Gasteiger partial charge in [-0.25, -0.2) is 13.8 Å². The van der Waals surface area contributed by atoms with Crippen LogP contribution >= 0.6 is 23.1 Å². The average Bonchev–Trinajstić information content (AvgIpc) is 3.54. The van der Waals surface area contributed by atoms with Crippen LogP contribution in [0, 0.1) is 5.82 Å². The fourth-order valence-corrected chi connectivity index (χ4v) is 5.93. The zero-order valence-electron chi connectivity index (χ0n) is 20.0. The number of H-pyrrole nitrogens is 1. The van der Waals surface area contributed by atoms with E-state index >= 15 is 0 Å². The van der Waals surface area contributed by atoms with E-state index < -0.39 is 11.8 Å². The first kappa shape index (κ1) is 25.2. The molecule has 0 saturated carbocycles. The lowest BCUT2D eigenvalue weighted by Gasteiger charge is -2.18. The maximum atomic E-state index is 14.9. The summed E-state index contributed by atoms with van der Waals surface area (Å²) in [5.74, 6) is -0.931. The van der Waals surface area contributed by atoms with Crippen molar-refractivity contribution in [3.63, 3.8) is 0 Å². The quantitative estimate of drug-likeness (QED) is 0.216. The topological polar surface area (TPSA) is 75.2 Å². The number of aryl methyl sites for hydroxylation is 1. The molecule has 0 atom stereocenters. The molecule has 0 amide bonds. The molecule has 2 N–H and O–H groups in total. The Labute approximate surface area is 220 Å². The Balaban J connectivity index is 1.36. The molecule has 9 heteroatoms. The number of benzene rings is 2. The second kappa shape index (κ2) is 10.9. The lowest BCUT2D eigenvalue weighted by atomic mass is 10.0. The SMILES string of the molecule is CSc1c(OC2=CC(c3nc(Cc4cccc(CCC(=O)O)c4)cs3)=C(F)CC2)c(F)cc2[nH]ccc12. The fourth-order valence-electron chi connectivity index (χ4n) is 4.36. The van der Waals surface area contributed by atoms with Gasteiger partial charge in [0.15, 0.2) is 11.6 Å². The Kier molecular flexibility index (Phi) is 7.43. The number of hydrogen-bond donors (Lipinski definition) is 2. The molecule has 2 aromatic heterocycles. The van der Waals surface area contributed by atoms with Gasteiger partial charge in [0.2, 0.25) is 0 Å². The van der Waals surface area contributed by atoms with Gasteiger partial charge in [-0.3, -0.25) is 4.79 Å². The predicted molar refractivity (Wildman–Crippen MR) is 143 cm³/mol. The van der Waals surface area contributed by atoms with Crippen molar-refractivity contribution in [2.45, 2.75) is 37.0 Å². The van der Waals surface area contributed by atoms with E-state index in [0.29, 0.717) is 46.0 Å². The second-order valence-corrected chi connectivity index (χ2v) is 10.4. The maximum absolute atomic E-state index is 14.9. The normalized spacial score (nSPS) is 13.8. The molecule has 0 aliphatic heterocycles. The molecule has 0 unspecified atom stereocenters. The van der Waals surface area contributed by atoms with Crippen LogP contribution < -0.4 is 4.74 Å². The molecule has 0 radical (unpaired) electrons. The molecule has 4 aromatic rings. The maximum Gasteiger partial charge on any atom is 0.303 e. The molecule has 37 heavy (non-hydrogen) atoms. The highest BCUT2D eigenvalue weighted by Crippen LogP contribution is 2.40. The van der Waals surface area contributed by atoms with Crippen LogP contribution in [0.1, 0.15) is 41.1 Å². The molecule has 2 heterocycles. The van der Waals surface area contributed by atoms with E-state index in [4.69, 9.17) is 9.84 Å². The number of nitrogens with one attached hydrogen (secondary N) is 1. The van der Waals surface area contributed by atoms with Crippen LogP contribution in [0.4, 0.5) is 8.78 Å². The van der Waals surface area contributed by atoms with Gasteiger partial charge in [-0.1, -0.05) is 24.3 Å². The minimum Gasteiger partial charge on any atom is -0.481 e. The number of carboxylic acid groups (broad SMARTS) is 1. The van der Waals surface area contributed by atoms with Crippen LogP contribution in [-0.4, -0.2) is 27.3 Å². The zero-order valence-corrected chi connectivity index (χ0v) is 21.6. The molecule has 0 fully saturated rings. The molecule has 5 rings (SSSR count). The number of aromatic amines is 1. The number of thiazole rings is 1.